The van der Waals surface area contributed by atoms with Crippen LogP contribution in [0.2, 0.25) is 5.28 Å². The maximum atomic E-state index is 6.11. The molecular formula is C15H19ClN4S. The van der Waals surface area contributed by atoms with Gasteiger partial charge in [0.05, 0.1) is 5.39 Å². The molecule has 2 atom stereocenters. The third kappa shape index (κ3) is 2.41. The van der Waals surface area contributed by atoms with Gasteiger partial charge in [0, 0.05) is 19.1 Å². The predicted octanol–water partition coefficient (Wildman–Crippen LogP) is 3.27. The van der Waals surface area contributed by atoms with E-state index in [-0.39, 0.29) is 0 Å². The predicted molar refractivity (Wildman–Crippen MR) is 88.4 cm³/mol. The molecule has 21 heavy (non-hydrogen) atoms. The van der Waals surface area contributed by atoms with E-state index in [4.69, 9.17) is 11.6 Å². The Bertz CT molecular complexity index is 658. The minimum atomic E-state index is 0.364. The van der Waals surface area contributed by atoms with Crippen molar-refractivity contribution in [2.45, 2.75) is 25.3 Å². The second-order valence-corrected chi connectivity index (χ2v) is 7.37. The number of hydrogen-bond acceptors (Lipinski definition) is 5. The van der Waals surface area contributed by atoms with Gasteiger partial charge in [0.2, 0.25) is 5.28 Å². The van der Waals surface area contributed by atoms with Gasteiger partial charge in [-0.25, -0.2) is 4.98 Å². The molecule has 0 saturated carbocycles. The molecule has 4 nitrogen and oxygen atoms in total. The number of fused-ring (bicyclic) bond motifs is 2. The third-order valence-corrected chi connectivity index (χ3v) is 5.90. The Hall–Kier alpha value is -0.910. The Morgan fingerprint density at radius 3 is 3.10 bits per heavy atom. The lowest BCUT2D eigenvalue weighted by Gasteiger charge is -2.46. The van der Waals surface area contributed by atoms with E-state index in [1.807, 2.05) is 0 Å². The van der Waals surface area contributed by atoms with Crippen molar-refractivity contribution in [3.63, 3.8) is 0 Å². The Labute approximate surface area is 133 Å². The largest absolute Gasteiger partial charge is 0.356 e. The fourth-order valence-corrected chi connectivity index (χ4v) is 4.87. The summed E-state index contributed by atoms with van der Waals surface area (Å²) < 4.78 is 0. The number of piperidine rings is 2. The average Bonchev–Trinajstić information content (AvgIpc) is 2.94. The quantitative estimate of drug-likeness (QED) is 0.754. The van der Waals surface area contributed by atoms with Crippen molar-refractivity contribution in [3.05, 3.63) is 16.7 Å². The molecule has 4 rings (SSSR count). The second kappa shape index (κ2) is 5.38. The summed E-state index contributed by atoms with van der Waals surface area (Å²) in [6.45, 7) is 3.40. The zero-order valence-corrected chi connectivity index (χ0v) is 13.7. The summed E-state index contributed by atoms with van der Waals surface area (Å²) in [5.74, 6) is 1.78. The smallest absolute Gasteiger partial charge is 0.225 e. The minimum absolute atomic E-state index is 0.364. The van der Waals surface area contributed by atoms with Crippen molar-refractivity contribution in [1.82, 2.24) is 14.9 Å². The molecule has 2 aliphatic heterocycles. The lowest BCUT2D eigenvalue weighted by molar-refractivity contribution is 0.102. The van der Waals surface area contributed by atoms with Crippen molar-refractivity contribution in [2.24, 2.45) is 5.92 Å². The van der Waals surface area contributed by atoms with Gasteiger partial charge in [0.25, 0.3) is 0 Å². The van der Waals surface area contributed by atoms with Crippen molar-refractivity contribution in [2.75, 3.05) is 31.6 Å². The van der Waals surface area contributed by atoms with Gasteiger partial charge >= 0.3 is 0 Å². The summed E-state index contributed by atoms with van der Waals surface area (Å²) in [5, 5.41) is 3.58. The standard InChI is InChI=1S/C15H19ClN4S/c1-19-6-2-3-10-9-20(7-4-12(10)19)13-11-5-8-21-14(11)18-15(16)17-13/h5,8,10,12H,2-4,6-7,9H2,1H3. The van der Waals surface area contributed by atoms with Crippen LogP contribution in [-0.4, -0.2) is 47.6 Å². The van der Waals surface area contributed by atoms with Crippen LogP contribution in [0.15, 0.2) is 11.4 Å². The first kappa shape index (κ1) is 13.7. The number of thiophene rings is 1. The van der Waals surface area contributed by atoms with E-state index in [0.717, 1.165) is 41.1 Å². The summed E-state index contributed by atoms with van der Waals surface area (Å²) in [6, 6.07) is 2.86. The topological polar surface area (TPSA) is 32.3 Å². The summed E-state index contributed by atoms with van der Waals surface area (Å²) in [6.07, 6.45) is 3.86. The Morgan fingerprint density at radius 2 is 2.19 bits per heavy atom. The number of anilines is 1. The highest BCUT2D eigenvalue weighted by atomic mass is 35.5. The molecule has 0 spiro atoms. The molecule has 0 N–H and O–H groups in total. The second-order valence-electron chi connectivity index (χ2n) is 6.14. The monoisotopic (exact) mass is 322 g/mol. The molecule has 2 unspecified atom stereocenters. The molecule has 6 heteroatoms. The van der Waals surface area contributed by atoms with E-state index in [1.54, 1.807) is 11.3 Å². The molecule has 0 aliphatic carbocycles. The first-order chi connectivity index (χ1) is 10.2. The normalized spacial score (nSPS) is 27.0. The highest BCUT2D eigenvalue weighted by Gasteiger charge is 2.35. The zero-order valence-electron chi connectivity index (χ0n) is 12.1. The fourth-order valence-electron chi connectivity index (χ4n) is 3.90. The molecule has 112 valence electrons. The van der Waals surface area contributed by atoms with Crippen molar-refractivity contribution in [3.8, 4) is 0 Å². The lowest BCUT2D eigenvalue weighted by atomic mass is 9.84. The third-order valence-electron chi connectivity index (χ3n) is 4.92. The summed E-state index contributed by atoms with van der Waals surface area (Å²) in [5.41, 5.74) is 0. The molecule has 0 amide bonds. The van der Waals surface area contributed by atoms with E-state index in [1.165, 1.54) is 25.8 Å². The van der Waals surface area contributed by atoms with Crippen LogP contribution < -0.4 is 4.90 Å². The number of likely N-dealkylation sites (tertiary alicyclic amines) is 1. The van der Waals surface area contributed by atoms with Crippen LogP contribution in [0.25, 0.3) is 10.2 Å². The van der Waals surface area contributed by atoms with Crippen molar-refractivity contribution in [1.29, 1.82) is 0 Å². The van der Waals surface area contributed by atoms with E-state index >= 15 is 0 Å². The van der Waals surface area contributed by atoms with Gasteiger partial charge in [0.15, 0.2) is 0 Å². The average molecular weight is 323 g/mol. The van der Waals surface area contributed by atoms with Crippen LogP contribution in [0.5, 0.6) is 0 Å². The maximum absolute atomic E-state index is 6.11. The molecule has 2 aliphatic rings. The summed E-state index contributed by atoms with van der Waals surface area (Å²) >= 11 is 7.74. The molecule has 2 aromatic heterocycles. The van der Waals surface area contributed by atoms with Crippen molar-refractivity contribution >= 4 is 39.0 Å². The summed E-state index contributed by atoms with van der Waals surface area (Å²) in [4.78, 5) is 14.8. The highest BCUT2D eigenvalue weighted by Crippen LogP contribution is 2.35. The molecule has 2 aromatic rings. The Morgan fingerprint density at radius 1 is 1.29 bits per heavy atom. The van der Waals surface area contributed by atoms with Crippen LogP contribution in [0.1, 0.15) is 19.3 Å². The Balaban J connectivity index is 1.66. The highest BCUT2D eigenvalue weighted by molar-refractivity contribution is 7.16. The number of hydrogen-bond donors (Lipinski definition) is 0. The fraction of sp³-hybridized carbons (Fsp3) is 0.600. The zero-order chi connectivity index (χ0) is 14.4. The first-order valence-electron chi connectivity index (χ1n) is 7.58. The van der Waals surface area contributed by atoms with Gasteiger partial charge in [0.1, 0.15) is 10.6 Å². The van der Waals surface area contributed by atoms with Gasteiger partial charge in [-0.15, -0.1) is 11.3 Å². The molecule has 2 saturated heterocycles. The Kier molecular flexibility index (Phi) is 3.52. The number of rotatable bonds is 1. The molecule has 2 fully saturated rings. The lowest BCUT2D eigenvalue weighted by Crippen LogP contribution is -2.53. The van der Waals surface area contributed by atoms with E-state index in [0.29, 0.717) is 5.28 Å². The number of halogens is 1. The SMILES string of the molecule is CN1CCCC2CN(c3nc(Cl)nc4sccc34)CCC21. The van der Waals surface area contributed by atoms with Gasteiger partial charge < -0.3 is 9.80 Å². The summed E-state index contributed by atoms with van der Waals surface area (Å²) in [7, 11) is 2.27. The van der Waals surface area contributed by atoms with Crippen LogP contribution in [0.4, 0.5) is 5.82 Å². The van der Waals surface area contributed by atoms with E-state index < -0.39 is 0 Å². The van der Waals surface area contributed by atoms with Gasteiger partial charge in [-0.2, -0.15) is 4.98 Å². The molecule has 0 bridgehead atoms. The van der Waals surface area contributed by atoms with E-state index in [9.17, 15) is 0 Å². The molecule has 0 aromatic carbocycles. The van der Waals surface area contributed by atoms with E-state index in [2.05, 4.69) is 38.3 Å². The van der Waals surface area contributed by atoms with Crippen LogP contribution in [0.3, 0.4) is 0 Å². The van der Waals surface area contributed by atoms with Gasteiger partial charge in [-0.3, -0.25) is 0 Å². The molecule has 0 radical (unpaired) electrons. The number of nitrogens with zero attached hydrogens (tertiary/aromatic N) is 4. The van der Waals surface area contributed by atoms with Crippen LogP contribution in [0, 0.1) is 5.92 Å². The van der Waals surface area contributed by atoms with Gasteiger partial charge in [-0.05, 0) is 61.8 Å². The van der Waals surface area contributed by atoms with Crippen LogP contribution in [-0.2, 0) is 0 Å². The first-order valence-corrected chi connectivity index (χ1v) is 8.84. The number of aromatic nitrogens is 2. The maximum Gasteiger partial charge on any atom is 0.225 e. The minimum Gasteiger partial charge on any atom is -0.356 e. The van der Waals surface area contributed by atoms with Crippen molar-refractivity contribution < 1.29 is 0 Å². The van der Waals surface area contributed by atoms with Crippen LogP contribution >= 0.6 is 22.9 Å². The van der Waals surface area contributed by atoms with Gasteiger partial charge in [-0.1, -0.05) is 0 Å². The molecular weight excluding hydrogens is 304 g/mol. The molecule has 4 heterocycles.